The van der Waals surface area contributed by atoms with E-state index in [1.165, 1.54) is 12.1 Å². The summed E-state index contributed by atoms with van der Waals surface area (Å²) >= 11 is 0. The second-order valence-electron chi connectivity index (χ2n) is 9.51. The van der Waals surface area contributed by atoms with E-state index in [9.17, 15) is 22.7 Å². The molecule has 7 nitrogen and oxygen atoms in total. The number of rotatable bonds is 6. The Balaban J connectivity index is 1.38. The van der Waals surface area contributed by atoms with Crippen LogP contribution in [-0.4, -0.2) is 32.4 Å². The summed E-state index contributed by atoms with van der Waals surface area (Å²) in [7, 11) is 0. The van der Waals surface area contributed by atoms with Gasteiger partial charge >= 0.3 is 6.18 Å². The number of aliphatic hydroxyl groups excluding tert-OH is 1. The highest BCUT2D eigenvalue weighted by Crippen LogP contribution is 2.39. The van der Waals surface area contributed by atoms with Gasteiger partial charge in [0.05, 0.1) is 6.10 Å². The van der Waals surface area contributed by atoms with Crippen molar-refractivity contribution >= 4 is 11.1 Å². The van der Waals surface area contributed by atoms with Gasteiger partial charge in [0.25, 0.3) is 0 Å². The molecule has 200 valence electrons. The van der Waals surface area contributed by atoms with Crippen LogP contribution in [0.15, 0.2) is 69.8 Å². The highest BCUT2D eigenvalue weighted by molar-refractivity contribution is 5.84. The summed E-state index contributed by atoms with van der Waals surface area (Å²) in [6.45, 7) is 0.154. The van der Waals surface area contributed by atoms with Gasteiger partial charge in [-0.2, -0.15) is 13.2 Å². The van der Waals surface area contributed by atoms with Crippen LogP contribution >= 0.6 is 0 Å². The SMILES string of the molecule is O[C@H]1CCC[C@H]1NCc1cc(C(F)(F)F)c2oc(-c3cccc(-c4ccc(F)cc4-c4nnco4)c3)nc2c1. The van der Waals surface area contributed by atoms with E-state index in [2.05, 4.69) is 20.5 Å². The Morgan fingerprint density at radius 3 is 2.56 bits per heavy atom. The number of oxazole rings is 1. The first-order valence-electron chi connectivity index (χ1n) is 12.4. The molecular weight excluding hydrogens is 516 g/mol. The van der Waals surface area contributed by atoms with Gasteiger partial charge in [0.1, 0.15) is 16.9 Å². The maximum absolute atomic E-state index is 14.0. The Labute approximate surface area is 219 Å². The summed E-state index contributed by atoms with van der Waals surface area (Å²) in [4.78, 5) is 4.39. The van der Waals surface area contributed by atoms with E-state index in [-0.39, 0.29) is 35.5 Å². The Bertz CT molecular complexity index is 1630. The van der Waals surface area contributed by atoms with Crippen LogP contribution in [-0.2, 0) is 12.7 Å². The van der Waals surface area contributed by atoms with Gasteiger partial charge in [0, 0.05) is 23.7 Å². The number of nitrogens with zero attached hydrogens (tertiary/aromatic N) is 3. The lowest BCUT2D eigenvalue weighted by Crippen LogP contribution is -2.35. The van der Waals surface area contributed by atoms with Crippen LogP contribution in [0.2, 0.25) is 0 Å². The minimum absolute atomic E-state index is 0.00938. The van der Waals surface area contributed by atoms with E-state index in [1.807, 2.05) is 0 Å². The summed E-state index contributed by atoms with van der Waals surface area (Å²) in [6, 6.07) is 13.4. The van der Waals surface area contributed by atoms with Crippen molar-refractivity contribution in [2.45, 2.75) is 44.1 Å². The molecule has 0 amide bonds. The lowest BCUT2D eigenvalue weighted by molar-refractivity contribution is -0.136. The fourth-order valence-electron chi connectivity index (χ4n) is 5.01. The van der Waals surface area contributed by atoms with E-state index >= 15 is 0 Å². The van der Waals surface area contributed by atoms with Crippen LogP contribution < -0.4 is 5.32 Å². The zero-order valence-electron chi connectivity index (χ0n) is 20.4. The molecule has 2 atom stereocenters. The van der Waals surface area contributed by atoms with Crippen molar-refractivity contribution in [3.05, 3.63) is 77.9 Å². The van der Waals surface area contributed by atoms with Gasteiger partial charge in [-0.3, -0.25) is 0 Å². The normalized spacial score (nSPS) is 17.8. The lowest BCUT2D eigenvalue weighted by atomic mass is 9.98. The first-order valence-corrected chi connectivity index (χ1v) is 12.4. The fourth-order valence-corrected chi connectivity index (χ4v) is 5.01. The van der Waals surface area contributed by atoms with Gasteiger partial charge in [-0.15, -0.1) is 10.2 Å². The summed E-state index contributed by atoms with van der Waals surface area (Å²) in [6.07, 6.45) is -1.73. The monoisotopic (exact) mass is 538 g/mol. The van der Waals surface area contributed by atoms with Crippen LogP contribution in [0, 0.1) is 5.82 Å². The van der Waals surface area contributed by atoms with Crippen LogP contribution in [0.4, 0.5) is 17.6 Å². The molecule has 0 radical (unpaired) electrons. The Morgan fingerprint density at radius 1 is 0.974 bits per heavy atom. The van der Waals surface area contributed by atoms with Gasteiger partial charge < -0.3 is 19.3 Å². The number of aromatic nitrogens is 3. The molecule has 2 aromatic heterocycles. The van der Waals surface area contributed by atoms with E-state index in [0.717, 1.165) is 25.3 Å². The average molecular weight is 539 g/mol. The number of alkyl halides is 3. The summed E-state index contributed by atoms with van der Waals surface area (Å²) < 4.78 is 67.0. The maximum Gasteiger partial charge on any atom is 0.420 e. The van der Waals surface area contributed by atoms with Crippen molar-refractivity contribution < 1.29 is 31.5 Å². The Kier molecular flexibility index (Phi) is 6.40. The van der Waals surface area contributed by atoms with Crippen LogP contribution in [0.5, 0.6) is 0 Å². The minimum Gasteiger partial charge on any atom is -0.435 e. The zero-order valence-corrected chi connectivity index (χ0v) is 20.4. The van der Waals surface area contributed by atoms with Crippen molar-refractivity contribution in [3.63, 3.8) is 0 Å². The molecule has 1 fully saturated rings. The molecule has 1 aliphatic carbocycles. The van der Waals surface area contributed by atoms with Crippen LogP contribution in [0.3, 0.4) is 0 Å². The molecule has 0 spiro atoms. The molecule has 0 bridgehead atoms. The molecule has 0 aliphatic heterocycles. The van der Waals surface area contributed by atoms with Crippen LogP contribution in [0.25, 0.3) is 45.1 Å². The van der Waals surface area contributed by atoms with Gasteiger partial charge in [-0.25, -0.2) is 9.37 Å². The second kappa shape index (κ2) is 9.90. The minimum atomic E-state index is -4.66. The first-order chi connectivity index (χ1) is 18.8. The zero-order chi connectivity index (χ0) is 27.1. The summed E-state index contributed by atoms with van der Waals surface area (Å²) in [5, 5.41) is 20.7. The van der Waals surface area contributed by atoms with Gasteiger partial charge in [0.2, 0.25) is 18.2 Å². The fraction of sp³-hybridized carbons (Fsp3) is 0.250. The van der Waals surface area contributed by atoms with E-state index in [4.69, 9.17) is 8.83 Å². The van der Waals surface area contributed by atoms with Gasteiger partial charge in [-0.1, -0.05) is 18.2 Å². The highest BCUT2D eigenvalue weighted by atomic mass is 19.4. The Hall–Kier alpha value is -4.09. The standard InChI is InChI=1S/C28H22F4N4O3/c29-18-7-8-19(20(12-18)27-36-34-14-38-27)16-3-1-4-17(11-16)26-35-23-10-15(13-33-22-5-2-6-24(22)37)9-21(25(23)39-26)28(30,31)32/h1,3-4,7-12,14,22,24,33,37H,2,5-6,13H2/t22-,24+/m1/s1. The van der Waals surface area contributed by atoms with E-state index in [1.54, 1.807) is 36.4 Å². The third-order valence-corrected chi connectivity index (χ3v) is 6.90. The Morgan fingerprint density at radius 2 is 1.82 bits per heavy atom. The molecule has 3 aromatic carbocycles. The molecule has 5 aromatic rings. The second-order valence-corrected chi connectivity index (χ2v) is 9.51. The summed E-state index contributed by atoms with van der Waals surface area (Å²) in [5.41, 5.74) is 1.19. The first kappa shape index (κ1) is 25.2. The smallest absolute Gasteiger partial charge is 0.420 e. The number of hydrogen-bond acceptors (Lipinski definition) is 7. The van der Waals surface area contributed by atoms with Crippen molar-refractivity contribution in [1.29, 1.82) is 0 Å². The number of aliphatic hydroxyl groups is 1. The molecule has 0 saturated heterocycles. The van der Waals surface area contributed by atoms with Crippen molar-refractivity contribution in [2.75, 3.05) is 0 Å². The molecule has 1 aliphatic rings. The molecule has 11 heteroatoms. The molecule has 2 heterocycles. The quantitative estimate of drug-likeness (QED) is 0.242. The number of benzene rings is 3. The van der Waals surface area contributed by atoms with Gasteiger partial charge in [-0.05, 0) is 72.4 Å². The molecule has 39 heavy (non-hydrogen) atoms. The summed E-state index contributed by atoms with van der Waals surface area (Å²) in [5.74, 6) is -0.359. The predicted octanol–water partition coefficient (Wildman–Crippen LogP) is 6.37. The van der Waals surface area contributed by atoms with Crippen LogP contribution in [0.1, 0.15) is 30.4 Å². The highest BCUT2D eigenvalue weighted by Gasteiger charge is 2.36. The predicted molar refractivity (Wildman–Crippen MR) is 134 cm³/mol. The van der Waals surface area contributed by atoms with Gasteiger partial charge in [0.15, 0.2) is 5.58 Å². The number of nitrogens with one attached hydrogen (secondary N) is 1. The lowest BCUT2D eigenvalue weighted by Gasteiger charge is -2.17. The maximum atomic E-state index is 14.0. The third kappa shape index (κ3) is 5.02. The van der Waals surface area contributed by atoms with Crippen molar-refractivity contribution in [2.24, 2.45) is 0 Å². The van der Waals surface area contributed by atoms with Crippen molar-refractivity contribution in [1.82, 2.24) is 20.5 Å². The van der Waals surface area contributed by atoms with E-state index < -0.39 is 23.7 Å². The van der Waals surface area contributed by atoms with E-state index in [0.29, 0.717) is 34.2 Å². The topological polar surface area (TPSA) is 97.2 Å². The molecule has 1 saturated carbocycles. The average Bonchev–Trinajstić information content (AvgIpc) is 3.67. The molecule has 6 rings (SSSR count). The number of hydrogen-bond donors (Lipinski definition) is 2. The molecular formula is C28H22F4N4O3. The van der Waals surface area contributed by atoms with Crippen molar-refractivity contribution in [3.8, 4) is 34.0 Å². The third-order valence-electron chi connectivity index (χ3n) is 6.90. The number of halogens is 4. The largest absolute Gasteiger partial charge is 0.435 e. The number of fused-ring (bicyclic) bond motifs is 1. The molecule has 2 N–H and O–H groups in total. The molecule has 0 unspecified atom stereocenters.